The first-order valence-electron chi connectivity index (χ1n) is 6.21. The van der Waals surface area contributed by atoms with Crippen LogP contribution >= 0.6 is 34.8 Å². The van der Waals surface area contributed by atoms with Gasteiger partial charge < -0.3 is 0 Å². The molecule has 1 aromatic carbocycles. The van der Waals surface area contributed by atoms with Gasteiger partial charge in [0, 0.05) is 6.42 Å². The minimum Gasteiger partial charge on any atom is -0.0837 e. The zero-order chi connectivity index (χ0) is 14.1. The van der Waals surface area contributed by atoms with Gasteiger partial charge in [0.15, 0.2) is 3.79 Å². The molecule has 1 unspecified atom stereocenters. The maximum atomic E-state index is 6.03. The van der Waals surface area contributed by atoms with Crippen molar-refractivity contribution in [3.63, 3.8) is 0 Å². The second kappa shape index (κ2) is 5.61. The number of alkyl halides is 3. The average Bonchev–Trinajstić information content (AvgIpc) is 2.19. The van der Waals surface area contributed by atoms with Gasteiger partial charge in [-0.25, -0.2) is 0 Å². The molecule has 1 aromatic rings. The Balaban J connectivity index is 3.32. The predicted molar refractivity (Wildman–Crippen MR) is 83.0 cm³/mol. The summed E-state index contributed by atoms with van der Waals surface area (Å²) in [7, 11) is 0. The smallest absolute Gasteiger partial charge is 0.0837 e. The molecule has 1 rings (SSSR count). The molecule has 0 heterocycles. The van der Waals surface area contributed by atoms with Crippen molar-refractivity contribution in [3.05, 3.63) is 34.9 Å². The third kappa shape index (κ3) is 3.56. The van der Waals surface area contributed by atoms with Crippen molar-refractivity contribution in [1.29, 1.82) is 0 Å². The summed E-state index contributed by atoms with van der Waals surface area (Å²) in [6.07, 6.45) is 0.520. The topological polar surface area (TPSA) is 0 Å². The Bertz CT molecular complexity index is 418. The van der Waals surface area contributed by atoms with Gasteiger partial charge in [0.1, 0.15) is 0 Å². The molecule has 0 fully saturated rings. The second-order valence-electron chi connectivity index (χ2n) is 5.61. The van der Waals surface area contributed by atoms with Gasteiger partial charge in [0.05, 0.1) is 0 Å². The van der Waals surface area contributed by atoms with Crippen LogP contribution in [0, 0.1) is 19.8 Å². The molecule has 0 aliphatic carbocycles. The summed E-state index contributed by atoms with van der Waals surface area (Å²) in [5.74, 6) is 0.397. The molecule has 0 aliphatic heterocycles. The molecule has 1 atom stereocenters. The number of halogens is 3. The normalized spacial score (nSPS) is 15.8. The number of aryl methyl sites for hydroxylation is 1. The van der Waals surface area contributed by atoms with Crippen LogP contribution in [0.5, 0.6) is 0 Å². The molecule has 3 heteroatoms. The molecule has 0 spiro atoms. The Kier molecular flexibility index (Phi) is 5.03. The van der Waals surface area contributed by atoms with Crippen LogP contribution in [-0.2, 0) is 5.41 Å². The Morgan fingerprint density at radius 3 is 2.11 bits per heavy atom. The van der Waals surface area contributed by atoms with Crippen LogP contribution in [0.3, 0.4) is 0 Å². The summed E-state index contributed by atoms with van der Waals surface area (Å²) in [5.41, 5.74) is 3.72. The molecule has 102 valence electrons. The summed E-state index contributed by atoms with van der Waals surface area (Å²) in [6.45, 7) is 10.8. The van der Waals surface area contributed by atoms with Crippen molar-refractivity contribution in [2.45, 2.75) is 50.2 Å². The first-order chi connectivity index (χ1) is 8.08. The highest BCUT2D eigenvalue weighted by Gasteiger charge is 2.39. The van der Waals surface area contributed by atoms with E-state index in [0.717, 1.165) is 0 Å². The van der Waals surface area contributed by atoms with Crippen molar-refractivity contribution < 1.29 is 0 Å². The lowest BCUT2D eigenvalue weighted by Gasteiger charge is -2.38. The van der Waals surface area contributed by atoms with Gasteiger partial charge in [0.25, 0.3) is 0 Å². The van der Waals surface area contributed by atoms with Gasteiger partial charge in [-0.15, -0.1) is 0 Å². The molecule has 0 N–H and O–H groups in total. The molecule has 0 saturated heterocycles. The Hall–Kier alpha value is 0.0900. The second-order valence-corrected chi connectivity index (χ2v) is 8.13. The van der Waals surface area contributed by atoms with E-state index in [1.54, 1.807) is 0 Å². The molecule has 0 bridgehead atoms. The molecule has 0 amide bonds. The van der Waals surface area contributed by atoms with E-state index in [2.05, 4.69) is 52.8 Å². The van der Waals surface area contributed by atoms with Gasteiger partial charge in [-0.1, -0.05) is 73.8 Å². The summed E-state index contributed by atoms with van der Waals surface area (Å²) < 4.78 is -1.23. The monoisotopic (exact) mass is 306 g/mol. The summed E-state index contributed by atoms with van der Waals surface area (Å²) >= 11 is 18.1. The van der Waals surface area contributed by atoms with Gasteiger partial charge in [-0.2, -0.15) is 0 Å². The van der Waals surface area contributed by atoms with E-state index in [1.807, 2.05) is 0 Å². The number of rotatable bonds is 3. The standard InChI is InChI=1S/C15H21Cl3/c1-10(2)14(5,9-15(16,17)18)13-8-6-7-11(3)12(13)4/h6-8,10H,9H2,1-5H3. The fraction of sp³-hybridized carbons (Fsp3) is 0.600. The van der Waals surface area contributed by atoms with Crippen molar-refractivity contribution >= 4 is 34.8 Å². The maximum Gasteiger partial charge on any atom is 0.191 e. The van der Waals surface area contributed by atoms with E-state index in [0.29, 0.717) is 12.3 Å². The maximum absolute atomic E-state index is 6.03. The Morgan fingerprint density at radius 1 is 1.11 bits per heavy atom. The van der Waals surface area contributed by atoms with Gasteiger partial charge in [-0.05, 0) is 41.9 Å². The average molecular weight is 308 g/mol. The minimum absolute atomic E-state index is 0.138. The molecular formula is C15H21Cl3. The van der Waals surface area contributed by atoms with Crippen molar-refractivity contribution in [2.75, 3.05) is 0 Å². The van der Waals surface area contributed by atoms with Crippen molar-refractivity contribution in [3.8, 4) is 0 Å². The number of hydrogen-bond donors (Lipinski definition) is 0. The van der Waals surface area contributed by atoms with Crippen LogP contribution in [0.2, 0.25) is 0 Å². The third-order valence-electron chi connectivity index (χ3n) is 4.06. The van der Waals surface area contributed by atoms with Gasteiger partial charge >= 0.3 is 0 Å². The molecule has 0 saturated carbocycles. The van der Waals surface area contributed by atoms with E-state index < -0.39 is 3.79 Å². The molecule has 0 nitrogen and oxygen atoms in total. The van der Waals surface area contributed by atoms with E-state index in [1.165, 1.54) is 16.7 Å². The van der Waals surface area contributed by atoms with Crippen molar-refractivity contribution in [1.82, 2.24) is 0 Å². The molecule has 18 heavy (non-hydrogen) atoms. The lowest BCUT2D eigenvalue weighted by atomic mass is 9.69. The highest BCUT2D eigenvalue weighted by Crippen LogP contribution is 2.46. The lowest BCUT2D eigenvalue weighted by molar-refractivity contribution is 0.315. The van der Waals surface area contributed by atoms with E-state index in [9.17, 15) is 0 Å². The SMILES string of the molecule is Cc1cccc(C(C)(CC(Cl)(Cl)Cl)C(C)C)c1C. The number of hydrogen-bond acceptors (Lipinski definition) is 0. The predicted octanol–water partition coefficient (Wildman–Crippen LogP) is 5.98. The molecule has 0 aromatic heterocycles. The third-order valence-corrected chi connectivity index (χ3v) is 4.46. The van der Waals surface area contributed by atoms with E-state index in [4.69, 9.17) is 34.8 Å². The molecule has 0 aliphatic rings. The van der Waals surface area contributed by atoms with Crippen LogP contribution < -0.4 is 0 Å². The molecular weight excluding hydrogens is 287 g/mol. The fourth-order valence-electron chi connectivity index (χ4n) is 2.40. The van der Waals surface area contributed by atoms with E-state index in [-0.39, 0.29) is 5.41 Å². The highest BCUT2D eigenvalue weighted by molar-refractivity contribution is 6.67. The first-order valence-corrected chi connectivity index (χ1v) is 7.35. The zero-order valence-corrected chi connectivity index (χ0v) is 13.9. The first kappa shape index (κ1) is 16.1. The quantitative estimate of drug-likeness (QED) is 0.603. The molecule has 0 radical (unpaired) electrons. The van der Waals surface area contributed by atoms with Crippen LogP contribution in [0.15, 0.2) is 18.2 Å². The van der Waals surface area contributed by atoms with Crippen LogP contribution in [-0.4, -0.2) is 3.79 Å². The largest absolute Gasteiger partial charge is 0.191 e. The summed E-state index contributed by atoms with van der Waals surface area (Å²) in [5, 5.41) is 0. The van der Waals surface area contributed by atoms with Crippen LogP contribution in [0.25, 0.3) is 0 Å². The Labute approximate surface area is 126 Å². The van der Waals surface area contributed by atoms with Gasteiger partial charge in [-0.3, -0.25) is 0 Å². The van der Waals surface area contributed by atoms with Crippen molar-refractivity contribution in [2.24, 2.45) is 5.92 Å². The van der Waals surface area contributed by atoms with Gasteiger partial charge in [0.2, 0.25) is 0 Å². The highest BCUT2D eigenvalue weighted by atomic mass is 35.6. The lowest BCUT2D eigenvalue weighted by Crippen LogP contribution is -2.34. The summed E-state index contributed by atoms with van der Waals surface area (Å²) in [6, 6.07) is 6.35. The summed E-state index contributed by atoms with van der Waals surface area (Å²) in [4.78, 5) is 0. The Morgan fingerprint density at radius 2 is 1.67 bits per heavy atom. The fourth-order valence-corrected chi connectivity index (χ4v) is 3.23. The van der Waals surface area contributed by atoms with E-state index >= 15 is 0 Å². The van der Waals surface area contributed by atoms with Crippen LogP contribution in [0.4, 0.5) is 0 Å². The zero-order valence-electron chi connectivity index (χ0n) is 11.7. The van der Waals surface area contributed by atoms with Crippen LogP contribution in [0.1, 0.15) is 43.9 Å². The minimum atomic E-state index is -1.23. The number of benzene rings is 1.